The predicted molar refractivity (Wildman–Crippen MR) is 101 cm³/mol. The first-order valence-corrected chi connectivity index (χ1v) is 8.82. The van der Waals surface area contributed by atoms with E-state index in [-0.39, 0.29) is 0 Å². The maximum Gasteiger partial charge on any atom is 0.0500 e. The van der Waals surface area contributed by atoms with Gasteiger partial charge in [-0.2, -0.15) is 0 Å². The third kappa shape index (κ3) is 1.73. The van der Waals surface area contributed by atoms with E-state index in [1.54, 1.807) is 0 Å². The second-order valence-corrected chi connectivity index (χ2v) is 7.20. The predicted octanol–water partition coefficient (Wildman–Crippen LogP) is 5.86. The van der Waals surface area contributed by atoms with Crippen LogP contribution >= 0.6 is 15.9 Å². The van der Waals surface area contributed by atoms with Crippen LogP contribution in [-0.4, -0.2) is 4.57 Å². The fourth-order valence-electron chi connectivity index (χ4n) is 3.97. The van der Waals surface area contributed by atoms with Crippen molar-refractivity contribution >= 4 is 37.7 Å². The highest BCUT2D eigenvalue weighted by Crippen LogP contribution is 2.45. The number of aromatic nitrogens is 1. The highest BCUT2D eigenvalue weighted by Gasteiger charge is 2.25. The van der Waals surface area contributed by atoms with Gasteiger partial charge in [-0.15, -0.1) is 0 Å². The number of aryl methyl sites for hydroxylation is 2. The zero-order chi connectivity index (χ0) is 15.6. The van der Waals surface area contributed by atoms with E-state index in [9.17, 15) is 0 Å². The first-order valence-electron chi connectivity index (χ1n) is 8.02. The van der Waals surface area contributed by atoms with E-state index in [4.69, 9.17) is 0 Å². The number of rotatable bonds is 1. The Balaban J connectivity index is 2.07. The van der Waals surface area contributed by atoms with Crippen LogP contribution in [0.1, 0.15) is 11.1 Å². The van der Waals surface area contributed by atoms with Crippen LogP contribution in [0.5, 0.6) is 0 Å². The van der Waals surface area contributed by atoms with Crippen LogP contribution < -0.4 is 0 Å². The van der Waals surface area contributed by atoms with Crippen molar-refractivity contribution in [3.8, 4) is 11.1 Å². The van der Waals surface area contributed by atoms with Gasteiger partial charge in [0.2, 0.25) is 0 Å². The second kappa shape index (κ2) is 4.72. The van der Waals surface area contributed by atoms with Crippen LogP contribution in [0.2, 0.25) is 0 Å². The molecule has 23 heavy (non-hydrogen) atoms. The quantitative estimate of drug-likeness (QED) is 0.400. The van der Waals surface area contributed by atoms with Gasteiger partial charge in [-0.1, -0.05) is 52.3 Å². The monoisotopic (exact) mass is 361 g/mol. The summed E-state index contributed by atoms with van der Waals surface area (Å²) in [4.78, 5) is 0. The zero-order valence-electron chi connectivity index (χ0n) is 12.9. The highest BCUT2D eigenvalue weighted by atomic mass is 79.9. The largest absolute Gasteiger partial charge is 0.344 e. The van der Waals surface area contributed by atoms with Crippen LogP contribution in [-0.2, 0) is 19.9 Å². The molecular weight excluding hydrogens is 346 g/mol. The Bertz CT molecular complexity index is 1070. The van der Waals surface area contributed by atoms with Crippen molar-refractivity contribution < 1.29 is 0 Å². The fourth-order valence-corrected chi connectivity index (χ4v) is 4.52. The molecule has 1 aromatic heterocycles. The van der Waals surface area contributed by atoms with Crippen LogP contribution in [0, 0.1) is 0 Å². The lowest BCUT2D eigenvalue weighted by atomic mass is 9.80. The summed E-state index contributed by atoms with van der Waals surface area (Å²) in [6.45, 7) is 0. The molecule has 112 valence electrons. The summed E-state index contributed by atoms with van der Waals surface area (Å²) in [6.07, 6.45) is 2.39. The molecule has 0 unspecified atom stereocenters. The van der Waals surface area contributed by atoms with E-state index >= 15 is 0 Å². The first-order chi connectivity index (χ1) is 11.3. The molecule has 0 fully saturated rings. The molecule has 0 radical (unpaired) electrons. The maximum absolute atomic E-state index is 3.79. The Morgan fingerprint density at radius 3 is 2.43 bits per heavy atom. The standard InChI is InChI=1S/C21H16BrN/c1-23-17-9-5-8-16(22)20(17)21-18(23)12-14-10-11-15(14)19(21)13-6-3-2-4-7-13/h2-9,12H,10-11H2,1H3. The van der Waals surface area contributed by atoms with E-state index in [2.05, 4.69) is 82.1 Å². The van der Waals surface area contributed by atoms with Gasteiger partial charge in [0.1, 0.15) is 0 Å². The molecule has 0 saturated heterocycles. The minimum Gasteiger partial charge on any atom is -0.344 e. The van der Waals surface area contributed by atoms with Crippen molar-refractivity contribution in [3.05, 3.63) is 70.2 Å². The molecule has 5 rings (SSSR count). The Morgan fingerprint density at radius 2 is 1.70 bits per heavy atom. The van der Waals surface area contributed by atoms with Crippen LogP contribution in [0.25, 0.3) is 32.9 Å². The zero-order valence-corrected chi connectivity index (χ0v) is 14.5. The molecule has 2 heteroatoms. The average Bonchev–Trinajstić information content (AvgIpc) is 2.84. The molecule has 0 aliphatic heterocycles. The van der Waals surface area contributed by atoms with Gasteiger partial charge in [-0.3, -0.25) is 0 Å². The number of fused-ring (bicyclic) bond motifs is 4. The van der Waals surface area contributed by atoms with Gasteiger partial charge in [0, 0.05) is 33.3 Å². The number of halogens is 1. The Hall–Kier alpha value is -2.06. The van der Waals surface area contributed by atoms with Crippen molar-refractivity contribution in [1.29, 1.82) is 0 Å². The molecule has 0 amide bonds. The Morgan fingerprint density at radius 1 is 0.870 bits per heavy atom. The van der Waals surface area contributed by atoms with E-state index in [0.717, 1.165) is 0 Å². The van der Waals surface area contributed by atoms with Gasteiger partial charge < -0.3 is 4.57 Å². The molecule has 1 aliphatic rings. The van der Waals surface area contributed by atoms with Gasteiger partial charge in [-0.25, -0.2) is 0 Å². The molecule has 0 atom stereocenters. The van der Waals surface area contributed by atoms with E-state index < -0.39 is 0 Å². The van der Waals surface area contributed by atoms with E-state index in [0.29, 0.717) is 0 Å². The van der Waals surface area contributed by atoms with E-state index in [1.807, 2.05) is 0 Å². The molecule has 3 aromatic carbocycles. The smallest absolute Gasteiger partial charge is 0.0500 e. The maximum atomic E-state index is 3.79. The number of nitrogens with zero attached hydrogens (tertiary/aromatic N) is 1. The molecule has 1 nitrogen and oxygen atoms in total. The van der Waals surface area contributed by atoms with Crippen molar-refractivity contribution in [2.45, 2.75) is 12.8 Å². The SMILES string of the molecule is Cn1c2cccc(Br)c2c2c(-c3ccccc3)c3c(cc21)CC3. The Labute approximate surface area is 143 Å². The molecule has 0 saturated carbocycles. The fraction of sp³-hybridized carbons (Fsp3) is 0.143. The summed E-state index contributed by atoms with van der Waals surface area (Å²) >= 11 is 3.79. The third-order valence-corrected chi connectivity index (χ3v) is 5.84. The second-order valence-electron chi connectivity index (χ2n) is 6.34. The van der Waals surface area contributed by atoms with Crippen molar-refractivity contribution in [2.75, 3.05) is 0 Å². The van der Waals surface area contributed by atoms with Gasteiger partial charge in [0.25, 0.3) is 0 Å². The number of hydrogen-bond acceptors (Lipinski definition) is 0. The van der Waals surface area contributed by atoms with Gasteiger partial charge >= 0.3 is 0 Å². The average molecular weight is 362 g/mol. The summed E-state index contributed by atoms with van der Waals surface area (Å²) in [7, 11) is 2.18. The molecule has 1 aliphatic carbocycles. The topological polar surface area (TPSA) is 4.93 Å². The lowest BCUT2D eigenvalue weighted by Crippen LogP contribution is -2.10. The van der Waals surface area contributed by atoms with Crippen LogP contribution in [0.3, 0.4) is 0 Å². The van der Waals surface area contributed by atoms with Gasteiger partial charge in [0.15, 0.2) is 0 Å². The summed E-state index contributed by atoms with van der Waals surface area (Å²) < 4.78 is 3.51. The molecular formula is C21H16BrN. The van der Waals surface area contributed by atoms with Crippen LogP contribution in [0.15, 0.2) is 59.1 Å². The van der Waals surface area contributed by atoms with Crippen molar-refractivity contribution in [1.82, 2.24) is 4.57 Å². The summed E-state index contributed by atoms with van der Waals surface area (Å²) in [5.41, 5.74) is 8.44. The lowest BCUT2D eigenvalue weighted by molar-refractivity contribution is 0.844. The van der Waals surface area contributed by atoms with Gasteiger partial charge in [0.05, 0.1) is 0 Å². The number of hydrogen-bond donors (Lipinski definition) is 0. The summed E-state index contributed by atoms with van der Waals surface area (Å²) in [6, 6.07) is 19.7. The number of benzene rings is 3. The molecule has 0 spiro atoms. The first kappa shape index (κ1) is 13.4. The van der Waals surface area contributed by atoms with E-state index in [1.165, 1.54) is 61.4 Å². The summed E-state index contributed by atoms with van der Waals surface area (Å²) in [5.74, 6) is 0. The molecule has 0 N–H and O–H groups in total. The minimum atomic E-state index is 1.18. The van der Waals surface area contributed by atoms with Gasteiger partial charge in [-0.05, 0) is 53.3 Å². The third-order valence-electron chi connectivity index (χ3n) is 5.18. The Kier molecular flexibility index (Phi) is 2.75. The molecule has 0 bridgehead atoms. The molecule has 4 aromatic rings. The normalized spacial score (nSPS) is 13.3. The minimum absolute atomic E-state index is 1.18. The molecule has 1 heterocycles. The summed E-state index contributed by atoms with van der Waals surface area (Å²) in [5, 5.41) is 2.72. The van der Waals surface area contributed by atoms with Crippen molar-refractivity contribution in [3.63, 3.8) is 0 Å². The van der Waals surface area contributed by atoms with Crippen LogP contribution in [0.4, 0.5) is 0 Å². The highest BCUT2D eigenvalue weighted by molar-refractivity contribution is 9.10. The van der Waals surface area contributed by atoms with Crippen molar-refractivity contribution in [2.24, 2.45) is 7.05 Å². The lowest BCUT2D eigenvalue weighted by Gasteiger charge is -2.24.